The second-order valence-electron chi connectivity index (χ2n) is 4.04. The standard InChI is InChI=1S/C14H15FN2O/c1-3-11-8-12(4-2)17(16-11)14-10(9-18)6-5-7-13(14)15/h5-9H,3-4H2,1-2H3. The Balaban J connectivity index is 2.67. The molecule has 94 valence electrons. The number of halogens is 1. The fourth-order valence-electron chi connectivity index (χ4n) is 1.94. The number of benzene rings is 1. The number of hydrogen-bond acceptors (Lipinski definition) is 2. The minimum absolute atomic E-state index is 0.240. The number of carbonyl (C=O) groups excluding carboxylic acids is 1. The van der Waals surface area contributed by atoms with Crippen LogP contribution in [0.1, 0.15) is 35.6 Å². The Labute approximate surface area is 105 Å². The maximum Gasteiger partial charge on any atom is 0.152 e. The van der Waals surface area contributed by atoms with Gasteiger partial charge in [-0.3, -0.25) is 4.79 Å². The van der Waals surface area contributed by atoms with Crippen LogP contribution in [-0.4, -0.2) is 16.1 Å². The Kier molecular flexibility index (Phi) is 3.55. The first-order valence-corrected chi connectivity index (χ1v) is 6.03. The van der Waals surface area contributed by atoms with Gasteiger partial charge in [-0.2, -0.15) is 5.10 Å². The second kappa shape index (κ2) is 5.12. The maximum absolute atomic E-state index is 13.9. The molecule has 0 fully saturated rings. The molecular weight excluding hydrogens is 231 g/mol. The third kappa shape index (κ3) is 2.06. The Morgan fingerprint density at radius 1 is 1.33 bits per heavy atom. The molecule has 1 aromatic carbocycles. The zero-order valence-corrected chi connectivity index (χ0v) is 10.5. The zero-order valence-electron chi connectivity index (χ0n) is 10.5. The second-order valence-corrected chi connectivity index (χ2v) is 4.04. The first-order chi connectivity index (χ1) is 8.71. The summed E-state index contributed by atoms with van der Waals surface area (Å²) in [4.78, 5) is 11.0. The van der Waals surface area contributed by atoms with Crippen molar-refractivity contribution in [3.8, 4) is 5.69 Å². The van der Waals surface area contributed by atoms with Crippen LogP contribution in [0.15, 0.2) is 24.3 Å². The van der Waals surface area contributed by atoms with Crippen molar-refractivity contribution in [1.82, 2.24) is 9.78 Å². The van der Waals surface area contributed by atoms with E-state index in [-0.39, 0.29) is 5.69 Å². The Morgan fingerprint density at radius 2 is 2.11 bits per heavy atom. The molecule has 0 aliphatic carbocycles. The Hall–Kier alpha value is -1.97. The van der Waals surface area contributed by atoms with Gasteiger partial charge in [0.05, 0.1) is 5.69 Å². The largest absolute Gasteiger partial charge is 0.298 e. The minimum Gasteiger partial charge on any atom is -0.298 e. The molecule has 3 nitrogen and oxygen atoms in total. The lowest BCUT2D eigenvalue weighted by atomic mass is 10.2. The zero-order chi connectivity index (χ0) is 13.1. The molecule has 0 aliphatic rings. The molecule has 0 unspecified atom stereocenters. The van der Waals surface area contributed by atoms with Gasteiger partial charge in [-0.1, -0.05) is 19.9 Å². The van der Waals surface area contributed by atoms with Gasteiger partial charge >= 0.3 is 0 Å². The predicted molar refractivity (Wildman–Crippen MR) is 67.7 cm³/mol. The summed E-state index contributed by atoms with van der Waals surface area (Å²) in [6, 6.07) is 6.41. The fraction of sp³-hybridized carbons (Fsp3) is 0.286. The van der Waals surface area contributed by atoms with Crippen LogP contribution in [0, 0.1) is 5.82 Å². The van der Waals surface area contributed by atoms with Crippen molar-refractivity contribution in [2.24, 2.45) is 0 Å². The number of nitrogens with zero attached hydrogens (tertiary/aromatic N) is 2. The highest BCUT2D eigenvalue weighted by Gasteiger charge is 2.15. The third-order valence-corrected chi connectivity index (χ3v) is 2.91. The number of rotatable bonds is 4. The van der Waals surface area contributed by atoms with E-state index in [0.29, 0.717) is 11.8 Å². The highest BCUT2D eigenvalue weighted by Crippen LogP contribution is 2.20. The van der Waals surface area contributed by atoms with Gasteiger partial charge in [0, 0.05) is 11.3 Å². The molecule has 0 aliphatic heterocycles. The molecule has 1 heterocycles. The van der Waals surface area contributed by atoms with Crippen LogP contribution in [0.25, 0.3) is 5.69 Å². The molecular formula is C14H15FN2O. The van der Waals surface area contributed by atoms with Crippen molar-refractivity contribution in [2.75, 3.05) is 0 Å². The molecule has 0 atom stereocenters. The van der Waals surface area contributed by atoms with Crippen molar-refractivity contribution in [1.29, 1.82) is 0 Å². The third-order valence-electron chi connectivity index (χ3n) is 2.91. The van der Waals surface area contributed by atoms with Crippen LogP contribution in [0.4, 0.5) is 4.39 Å². The number of hydrogen-bond donors (Lipinski definition) is 0. The van der Waals surface area contributed by atoms with Crippen molar-refractivity contribution >= 4 is 6.29 Å². The van der Waals surface area contributed by atoms with Crippen LogP contribution in [0.3, 0.4) is 0 Å². The summed E-state index contributed by atoms with van der Waals surface area (Å²) in [6.45, 7) is 3.97. The smallest absolute Gasteiger partial charge is 0.152 e. The number of aromatic nitrogens is 2. The van der Waals surface area contributed by atoms with Crippen molar-refractivity contribution in [3.05, 3.63) is 47.0 Å². The average Bonchev–Trinajstić information content (AvgIpc) is 2.81. The molecule has 0 bridgehead atoms. The molecule has 18 heavy (non-hydrogen) atoms. The summed E-state index contributed by atoms with van der Waals surface area (Å²) in [5.74, 6) is -0.431. The van der Waals surface area contributed by atoms with E-state index in [0.717, 1.165) is 24.2 Å². The van der Waals surface area contributed by atoms with Crippen LogP contribution < -0.4 is 0 Å². The van der Waals surface area contributed by atoms with Crippen LogP contribution >= 0.6 is 0 Å². The molecule has 4 heteroatoms. The molecule has 0 amide bonds. The van der Waals surface area contributed by atoms with Crippen molar-refractivity contribution in [2.45, 2.75) is 26.7 Å². The summed E-state index contributed by atoms with van der Waals surface area (Å²) in [5.41, 5.74) is 2.35. The Morgan fingerprint density at radius 3 is 2.72 bits per heavy atom. The molecule has 2 rings (SSSR count). The summed E-state index contributed by atoms with van der Waals surface area (Å²) in [6.07, 6.45) is 2.18. The first-order valence-electron chi connectivity index (χ1n) is 6.03. The normalized spacial score (nSPS) is 10.6. The fourth-order valence-corrected chi connectivity index (χ4v) is 1.94. The van der Waals surface area contributed by atoms with E-state index in [1.165, 1.54) is 16.8 Å². The van der Waals surface area contributed by atoms with E-state index in [9.17, 15) is 9.18 Å². The first kappa shape index (κ1) is 12.5. The lowest BCUT2D eigenvalue weighted by molar-refractivity contribution is 0.112. The summed E-state index contributed by atoms with van der Waals surface area (Å²) in [7, 11) is 0. The highest BCUT2D eigenvalue weighted by molar-refractivity contribution is 5.81. The van der Waals surface area contributed by atoms with E-state index >= 15 is 0 Å². The quantitative estimate of drug-likeness (QED) is 0.777. The number of carbonyl (C=O) groups is 1. The topological polar surface area (TPSA) is 34.9 Å². The van der Waals surface area contributed by atoms with Crippen LogP contribution in [-0.2, 0) is 12.8 Å². The van der Waals surface area contributed by atoms with Gasteiger partial charge in [0.1, 0.15) is 11.5 Å². The van der Waals surface area contributed by atoms with Gasteiger partial charge in [-0.15, -0.1) is 0 Å². The Bertz CT molecular complexity index is 575. The predicted octanol–water partition coefficient (Wildman–Crippen LogP) is 2.95. The van der Waals surface area contributed by atoms with Crippen molar-refractivity contribution in [3.63, 3.8) is 0 Å². The van der Waals surface area contributed by atoms with Gasteiger partial charge in [-0.25, -0.2) is 9.07 Å². The number of para-hydroxylation sites is 1. The summed E-state index contributed by atoms with van der Waals surface area (Å²) in [5, 5.41) is 4.36. The van der Waals surface area contributed by atoms with Crippen LogP contribution in [0.2, 0.25) is 0 Å². The van der Waals surface area contributed by atoms with Crippen molar-refractivity contribution < 1.29 is 9.18 Å². The molecule has 0 saturated heterocycles. The van der Waals surface area contributed by atoms with Crippen LogP contribution in [0.5, 0.6) is 0 Å². The summed E-state index contributed by atoms with van der Waals surface area (Å²) >= 11 is 0. The SMILES string of the molecule is CCc1cc(CC)n(-c2c(F)cccc2C=O)n1. The molecule has 0 radical (unpaired) electrons. The van der Waals surface area contributed by atoms with E-state index in [1.807, 2.05) is 19.9 Å². The van der Waals surface area contributed by atoms with E-state index in [4.69, 9.17) is 0 Å². The molecule has 2 aromatic rings. The van der Waals surface area contributed by atoms with Gasteiger partial charge < -0.3 is 0 Å². The molecule has 0 saturated carbocycles. The van der Waals surface area contributed by atoms with Gasteiger partial charge in [0.2, 0.25) is 0 Å². The molecule has 1 aromatic heterocycles. The molecule has 0 spiro atoms. The number of aryl methyl sites for hydroxylation is 2. The monoisotopic (exact) mass is 246 g/mol. The van der Waals surface area contributed by atoms with E-state index in [2.05, 4.69) is 5.10 Å². The summed E-state index contributed by atoms with van der Waals surface area (Å²) < 4.78 is 15.5. The van der Waals surface area contributed by atoms with Gasteiger partial charge in [0.25, 0.3) is 0 Å². The lowest BCUT2D eigenvalue weighted by Gasteiger charge is -2.09. The number of aldehydes is 1. The van der Waals surface area contributed by atoms with Gasteiger partial charge in [-0.05, 0) is 31.0 Å². The maximum atomic E-state index is 13.9. The lowest BCUT2D eigenvalue weighted by Crippen LogP contribution is -2.07. The minimum atomic E-state index is -0.431. The van der Waals surface area contributed by atoms with E-state index < -0.39 is 5.82 Å². The van der Waals surface area contributed by atoms with E-state index in [1.54, 1.807) is 6.07 Å². The average molecular weight is 246 g/mol. The highest BCUT2D eigenvalue weighted by atomic mass is 19.1. The van der Waals surface area contributed by atoms with Gasteiger partial charge in [0.15, 0.2) is 6.29 Å². The molecule has 0 N–H and O–H groups in total.